The number of benzene rings is 2. The Hall–Kier alpha value is -2.31. The predicted octanol–water partition coefficient (Wildman–Crippen LogP) is 4.90. The lowest BCUT2D eigenvalue weighted by atomic mass is 9.95. The van der Waals surface area contributed by atoms with Crippen molar-refractivity contribution >= 4 is 29.3 Å². The summed E-state index contributed by atoms with van der Waals surface area (Å²) in [5.74, 6) is 0.246. The summed E-state index contributed by atoms with van der Waals surface area (Å²) in [6.07, 6.45) is -0.267. The summed E-state index contributed by atoms with van der Waals surface area (Å²) in [6, 6.07) is 15.0. The largest absolute Gasteiger partial charge is 0.392 e. The highest BCUT2D eigenvalue weighted by molar-refractivity contribution is 7.99. The Morgan fingerprint density at radius 1 is 0.968 bits per heavy atom. The quantitative estimate of drug-likeness (QED) is 0.533. The highest BCUT2D eigenvalue weighted by atomic mass is 32.2. The first-order chi connectivity index (χ1) is 14.4. The first-order valence-corrected chi connectivity index (χ1v) is 11.5. The van der Waals surface area contributed by atoms with Crippen LogP contribution in [0.1, 0.15) is 57.5 Å². The number of anilines is 1. The third-order valence-electron chi connectivity index (χ3n) is 4.45. The zero-order chi connectivity index (χ0) is 23.2. The second kappa shape index (κ2) is 10.3. The van der Waals surface area contributed by atoms with E-state index in [1.54, 1.807) is 6.07 Å². The van der Waals surface area contributed by atoms with Crippen LogP contribution in [0.2, 0.25) is 0 Å². The van der Waals surface area contributed by atoms with Gasteiger partial charge < -0.3 is 15.7 Å². The fourth-order valence-electron chi connectivity index (χ4n) is 2.83. The van der Waals surface area contributed by atoms with Gasteiger partial charge in [-0.1, -0.05) is 51.1 Å². The molecule has 1 atom stereocenters. The van der Waals surface area contributed by atoms with Crippen LogP contribution < -0.4 is 10.6 Å². The SMILES string of the molecule is CC(C)(C)NC(=O)c1ccccc1C[C@@H](O)CSc1ccccc1NC(=O)C(C)(C)C. The van der Waals surface area contributed by atoms with Crippen LogP contribution in [0.4, 0.5) is 5.69 Å². The van der Waals surface area contributed by atoms with Crippen LogP contribution in [0.5, 0.6) is 0 Å². The Labute approximate surface area is 190 Å². The average Bonchev–Trinajstić information content (AvgIpc) is 2.65. The van der Waals surface area contributed by atoms with Gasteiger partial charge in [-0.05, 0) is 51.0 Å². The summed E-state index contributed by atoms with van der Waals surface area (Å²) < 4.78 is 0. The third kappa shape index (κ3) is 8.04. The first-order valence-electron chi connectivity index (χ1n) is 10.5. The zero-order valence-electron chi connectivity index (χ0n) is 19.3. The molecule has 0 heterocycles. The number of hydrogen-bond acceptors (Lipinski definition) is 4. The molecule has 2 rings (SSSR count). The van der Waals surface area contributed by atoms with Crippen molar-refractivity contribution in [3.63, 3.8) is 0 Å². The smallest absolute Gasteiger partial charge is 0.251 e. The molecule has 168 valence electrons. The number of para-hydroxylation sites is 1. The molecule has 2 amide bonds. The van der Waals surface area contributed by atoms with Crippen LogP contribution in [0.3, 0.4) is 0 Å². The Morgan fingerprint density at radius 3 is 2.23 bits per heavy atom. The number of rotatable bonds is 7. The van der Waals surface area contributed by atoms with Gasteiger partial charge in [0.25, 0.3) is 5.91 Å². The molecule has 0 saturated carbocycles. The minimum absolute atomic E-state index is 0.0557. The third-order valence-corrected chi connectivity index (χ3v) is 5.67. The van der Waals surface area contributed by atoms with Gasteiger partial charge in [-0.25, -0.2) is 0 Å². The highest BCUT2D eigenvalue weighted by Gasteiger charge is 2.22. The number of thioether (sulfide) groups is 1. The van der Waals surface area contributed by atoms with Gasteiger partial charge in [-0.15, -0.1) is 11.8 Å². The van der Waals surface area contributed by atoms with Gasteiger partial charge in [0.2, 0.25) is 5.91 Å². The molecular formula is C25H34N2O3S. The lowest BCUT2D eigenvalue weighted by Crippen LogP contribution is -2.41. The molecular weight excluding hydrogens is 408 g/mol. The van der Waals surface area contributed by atoms with Gasteiger partial charge in [0.1, 0.15) is 0 Å². The maximum Gasteiger partial charge on any atom is 0.251 e. The normalized spacial score (nSPS) is 12.9. The molecule has 0 fully saturated rings. The maximum absolute atomic E-state index is 12.6. The standard InChI is InChI=1S/C25H34N2O3S/c1-24(2,3)23(30)26-20-13-9-10-14-21(20)31-16-18(28)15-17-11-7-8-12-19(17)22(29)27-25(4,5)6/h7-14,18,28H,15-16H2,1-6H3,(H,26,30)(H,27,29)/t18-/m1/s1. The van der Waals surface area contributed by atoms with Crippen LogP contribution in [-0.2, 0) is 11.2 Å². The van der Waals surface area contributed by atoms with Crippen molar-refractivity contribution < 1.29 is 14.7 Å². The molecule has 0 radical (unpaired) electrons. The molecule has 5 nitrogen and oxygen atoms in total. The second-order valence-electron chi connectivity index (χ2n) is 9.73. The first kappa shape index (κ1) is 25.0. The van der Waals surface area contributed by atoms with E-state index in [9.17, 15) is 14.7 Å². The maximum atomic E-state index is 12.6. The Balaban J connectivity index is 2.05. The minimum Gasteiger partial charge on any atom is -0.392 e. The monoisotopic (exact) mass is 442 g/mol. The number of aliphatic hydroxyl groups is 1. The summed E-state index contributed by atoms with van der Waals surface area (Å²) in [7, 11) is 0. The van der Waals surface area contributed by atoms with E-state index < -0.39 is 11.5 Å². The second-order valence-corrected chi connectivity index (χ2v) is 10.8. The van der Waals surface area contributed by atoms with Crippen LogP contribution in [-0.4, -0.2) is 34.3 Å². The summed E-state index contributed by atoms with van der Waals surface area (Å²) in [4.78, 5) is 25.9. The molecule has 0 aliphatic rings. The van der Waals surface area contributed by atoms with Crippen molar-refractivity contribution in [2.24, 2.45) is 5.41 Å². The van der Waals surface area contributed by atoms with Crippen LogP contribution in [0.15, 0.2) is 53.4 Å². The number of aliphatic hydroxyl groups excluding tert-OH is 1. The Kier molecular flexibility index (Phi) is 8.32. The lowest BCUT2D eigenvalue weighted by Gasteiger charge is -2.22. The fourth-order valence-corrected chi connectivity index (χ4v) is 3.77. The highest BCUT2D eigenvalue weighted by Crippen LogP contribution is 2.29. The van der Waals surface area contributed by atoms with E-state index in [1.165, 1.54) is 11.8 Å². The molecule has 0 unspecified atom stereocenters. The summed E-state index contributed by atoms with van der Waals surface area (Å²) in [5.41, 5.74) is 1.31. The van der Waals surface area contributed by atoms with Gasteiger partial charge in [-0.2, -0.15) is 0 Å². The van der Waals surface area contributed by atoms with E-state index in [0.717, 1.165) is 16.1 Å². The van der Waals surface area contributed by atoms with Crippen molar-refractivity contribution in [2.75, 3.05) is 11.1 Å². The number of carbonyl (C=O) groups is 2. The summed E-state index contributed by atoms with van der Waals surface area (Å²) in [6.45, 7) is 11.4. The Bertz CT molecular complexity index is 913. The van der Waals surface area contributed by atoms with E-state index in [1.807, 2.05) is 84.0 Å². The molecule has 0 aliphatic carbocycles. The van der Waals surface area contributed by atoms with Crippen molar-refractivity contribution in [1.82, 2.24) is 5.32 Å². The molecule has 0 bridgehead atoms. The topological polar surface area (TPSA) is 78.4 Å². The predicted molar refractivity (Wildman–Crippen MR) is 129 cm³/mol. The molecule has 31 heavy (non-hydrogen) atoms. The van der Waals surface area contributed by atoms with E-state index >= 15 is 0 Å². The molecule has 0 aliphatic heterocycles. The molecule has 0 spiro atoms. The van der Waals surface area contributed by atoms with E-state index in [2.05, 4.69) is 10.6 Å². The number of nitrogens with one attached hydrogen (secondary N) is 2. The molecule has 6 heteroatoms. The van der Waals surface area contributed by atoms with Crippen molar-refractivity contribution in [2.45, 2.75) is 64.5 Å². The summed E-state index contributed by atoms with van der Waals surface area (Å²) >= 11 is 1.49. The van der Waals surface area contributed by atoms with Gasteiger partial charge in [0.15, 0.2) is 0 Å². The van der Waals surface area contributed by atoms with Gasteiger partial charge in [0.05, 0.1) is 11.8 Å². The van der Waals surface area contributed by atoms with E-state index in [0.29, 0.717) is 17.7 Å². The number of hydrogen-bond donors (Lipinski definition) is 3. The number of amides is 2. The fraction of sp³-hybridized carbons (Fsp3) is 0.440. The van der Waals surface area contributed by atoms with E-state index in [4.69, 9.17) is 0 Å². The number of carbonyl (C=O) groups excluding carboxylic acids is 2. The van der Waals surface area contributed by atoms with Gasteiger partial charge >= 0.3 is 0 Å². The van der Waals surface area contributed by atoms with E-state index in [-0.39, 0.29) is 17.4 Å². The van der Waals surface area contributed by atoms with Gasteiger partial charge in [-0.3, -0.25) is 9.59 Å². The Morgan fingerprint density at radius 2 is 1.58 bits per heavy atom. The summed E-state index contributed by atoms with van der Waals surface area (Å²) in [5, 5.41) is 16.6. The molecule has 3 N–H and O–H groups in total. The van der Waals surface area contributed by atoms with Crippen molar-refractivity contribution in [3.05, 3.63) is 59.7 Å². The molecule has 2 aromatic rings. The molecule has 0 saturated heterocycles. The van der Waals surface area contributed by atoms with Gasteiger partial charge in [0, 0.05) is 27.2 Å². The zero-order valence-corrected chi connectivity index (χ0v) is 20.1. The van der Waals surface area contributed by atoms with Crippen molar-refractivity contribution in [3.8, 4) is 0 Å². The van der Waals surface area contributed by atoms with Crippen LogP contribution >= 0.6 is 11.8 Å². The minimum atomic E-state index is -0.639. The van der Waals surface area contributed by atoms with Crippen LogP contribution in [0, 0.1) is 5.41 Å². The van der Waals surface area contributed by atoms with Crippen molar-refractivity contribution in [1.29, 1.82) is 0 Å². The average molecular weight is 443 g/mol. The van der Waals surface area contributed by atoms with Crippen LogP contribution in [0.25, 0.3) is 0 Å². The molecule has 0 aromatic heterocycles. The lowest BCUT2D eigenvalue weighted by molar-refractivity contribution is -0.123. The molecule has 2 aromatic carbocycles.